The molecule has 212 valence electrons. The maximum absolute atomic E-state index is 12.4. The van der Waals surface area contributed by atoms with Crippen LogP contribution in [0, 0.1) is 0 Å². The van der Waals surface area contributed by atoms with Gasteiger partial charge in [0.25, 0.3) is 0 Å². The Morgan fingerprint density at radius 3 is 1.29 bits per heavy atom. The van der Waals surface area contributed by atoms with Crippen LogP contribution in [0.5, 0.6) is 0 Å². The first kappa shape index (κ1) is 33.4. The van der Waals surface area contributed by atoms with Gasteiger partial charge < -0.3 is 9.47 Å². The molecule has 0 spiro atoms. The van der Waals surface area contributed by atoms with Crippen molar-refractivity contribution in [2.75, 3.05) is 13.2 Å². The second-order valence-corrected chi connectivity index (χ2v) is 11.0. The lowest BCUT2D eigenvalue weighted by Gasteiger charge is -2.18. The van der Waals surface area contributed by atoms with Crippen molar-refractivity contribution < 1.29 is 19.1 Å². The van der Waals surface area contributed by atoms with Gasteiger partial charge in [-0.15, -0.1) is 0 Å². The van der Waals surface area contributed by atoms with Crippen molar-refractivity contribution in [3.05, 3.63) is 71.3 Å². The first-order valence-corrected chi connectivity index (χ1v) is 14.8. The number of unbranched alkanes of at least 4 members (excludes halogenated alkanes) is 10. The fourth-order valence-corrected chi connectivity index (χ4v) is 4.03. The largest absolute Gasteiger partial charge is 0.462 e. The first-order valence-electron chi connectivity index (χ1n) is 14.8. The monoisotopic (exact) mass is 524 g/mol. The first-order chi connectivity index (χ1) is 18.3. The Hall–Kier alpha value is -2.62. The summed E-state index contributed by atoms with van der Waals surface area (Å²) in [5.74, 6) is -0.888. The van der Waals surface area contributed by atoms with E-state index in [4.69, 9.17) is 9.47 Å². The minimum absolute atomic E-state index is 0.293. The topological polar surface area (TPSA) is 52.6 Å². The van der Waals surface area contributed by atoms with Gasteiger partial charge in [0, 0.05) is 0 Å². The number of carbonyl (C=O) groups excluding carboxylic acids is 2. The van der Waals surface area contributed by atoms with Crippen LogP contribution in [0.2, 0.25) is 0 Å². The summed E-state index contributed by atoms with van der Waals surface area (Å²) in [5.41, 5.74) is 2.28. The van der Waals surface area contributed by atoms with Crippen LogP contribution < -0.4 is 0 Å². The number of hydrogen-bond donors (Lipinski definition) is 0. The Morgan fingerprint density at radius 1 is 0.553 bits per heavy atom. The van der Waals surface area contributed by atoms with Crippen LogP contribution in [0.15, 0.2) is 54.6 Å². The molecule has 0 fully saturated rings. The fourth-order valence-electron chi connectivity index (χ4n) is 4.03. The quantitative estimate of drug-likeness (QED) is 0.162. The molecule has 4 nitrogen and oxygen atoms in total. The van der Waals surface area contributed by atoms with Crippen LogP contribution in [-0.4, -0.2) is 25.2 Å². The van der Waals surface area contributed by atoms with Crippen LogP contribution in [0.1, 0.15) is 138 Å². The molecule has 0 atom stereocenters. The molecule has 0 heterocycles. The Kier molecular flexibility index (Phi) is 17.9. The van der Waals surface area contributed by atoms with E-state index in [9.17, 15) is 9.59 Å². The number of rotatable bonds is 16. The van der Waals surface area contributed by atoms with Crippen molar-refractivity contribution in [1.29, 1.82) is 0 Å². The van der Waals surface area contributed by atoms with E-state index >= 15 is 0 Å². The zero-order valence-corrected chi connectivity index (χ0v) is 24.7. The number of hydrogen-bond acceptors (Lipinski definition) is 4. The van der Waals surface area contributed by atoms with E-state index in [2.05, 4.69) is 65.0 Å². The van der Waals surface area contributed by atoms with E-state index in [0.717, 1.165) is 25.7 Å². The van der Waals surface area contributed by atoms with Crippen molar-refractivity contribution in [2.24, 2.45) is 0 Å². The molecular formula is C34H52O4. The molecule has 0 aliphatic rings. The minimum Gasteiger partial charge on any atom is -0.462 e. The van der Waals surface area contributed by atoms with E-state index in [1.807, 2.05) is 0 Å². The van der Waals surface area contributed by atoms with Gasteiger partial charge >= 0.3 is 11.9 Å². The van der Waals surface area contributed by atoms with Crippen molar-refractivity contribution in [1.82, 2.24) is 0 Å². The van der Waals surface area contributed by atoms with Crippen LogP contribution in [-0.2, 0) is 14.9 Å². The number of esters is 2. The average Bonchev–Trinajstić information content (AvgIpc) is 2.92. The van der Waals surface area contributed by atoms with Crippen LogP contribution in [0.25, 0.3) is 0 Å². The predicted octanol–water partition coefficient (Wildman–Crippen LogP) is 9.71. The highest BCUT2D eigenvalue weighted by Crippen LogP contribution is 2.20. The van der Waals surface area contributed by atoms with Crippen LogP contribution in [0.3, 0.4) is 0 Å². The van der Waals surface area contributed by atoms with Crippen LogP contribution in [0.4, 0.5) is 0 Å². The Balaban J connectivity index is 0.000000600. The van der Waals surface area contributed by atoms with Gasteiger partial charge in [-0.1, -0.05) is 141 Å². The number of benzene rings is 2. The number of ether oxygens (including phenoxy) is 2. The third-order valence-electron chi connectivity index (χ3n) is 6.47. The molecule has 2 aromatic rings. The Morgan fingerprint density at radius 2 is 0.921 bits per heavy atom. The smallest absolute Gasteiger partial charge is 0.339 e. The average molecular weight is 525 g/mol. The Labute approximate surface area is 232 Å². The normalized spacial score (nSPS) is 10.9. The third-order valence-corrected chi connectivity index (χ3v) is 6.47. The molecule has 2 aromatic carbocycles. The summed E-state index contributed by atoms with van der Waals surface area (Å²) in [5, 5.41) is 0. The lowest BCUT2D eigenvalue weighted by molar-refractivity contribution is 0.0450. The summed E-state index contributed by atoms with van der Waals surface area (Å²) >= 11 is 0. The lowest BCUT2D eigenvalue weighted by Crippen LogP contribution is -2.15. The van der Waals surface area contributed by atoms with Gasteiger partial charge in [-0.25, -0.2) is 9.59 Å². The molecule has 0 saturated heterocycles. The highest BCUT2D eigenvalue weighted by atomic mass is 16.5. The number of carbonyl (C=O) groups is 2. The van der Waals surface area contributed by atoms with Crippen molar-refractivity contribution in [2.45, 2.75) is 117 Å². The van der Waals surface area contributed by atoms with E-state index in [1.165, 1.54) is 56.9 Å². The standard InChI is InChI=1S/C24H38O4.C10H14/c1-3-5-7-9-11-15-19-27-23(25)21-17-13-14-18-22(21)24(26)28-20-16-12-10-8-6-4-2;1-10(2,3)9-7-5-4-6-8-9/h13-14,17-18H,3-12,15-16,19-20H2,1-2H3;4-8H,1-3H3. The summed E-state index contributed by atoms with van der Waals surface area (Å²) in [6, 6.07) is 17.3. The maximum Gasteiger partial charge on any atom is 0.339 e. The zero-order valence-electron chi connectivity index (χ0n) is 24.7. The molecule has 0 radical (unpaired) electrons. The van der Waals surface area contributed by atoms with Crippen molar-refractivity contribution in [3.8, 4) is 0 Å². The Bertz CT molecular complexity index is 834. The van der Waals surface area contributed by atoms with Gasteiger partial charge in [0.05, 0.1) is 24.3 Å². The second-order valence-electron chi connectivity index (χ2n) is 11.0. The SMILES string of the molecule is CC(C)(C)c1ccccc1.CCCCCCCCOC(=O)c1ccccc1C(=O)OCCCCCCCC. The zero-order chi connectivity index (χ0) is 28.1. The van der Waals surface area contributed by atoms with E-state index in [-0.39, 0.29) is 0 Å². The maximum atomic E-state index is 12.4. The highest BCUT2D eigenvalue weighted by molar-refractivity contribution is 6.03. The molecule has 0 aromatic heterocycles. The molecule has 2 rings (SSSR count). The molecule has 0 bridgehead atoms. The summed E-state index contributed by atoms with van der Waals surface area (Å²) in [7, 11) is 0. The third kappa shape index (κ3) is 15.0. The molecule has 0 aliphatic heterocycles. The molecule has 4 heteroatoms. The molecule has 0 N–H and O–H groups in total. The van der Waals surface area contributed by atoms with E-state index in [0.29, 0.717) is 29.8 Å². The second kappa shape index (κ2) is 20.4. The molecule has 38 heavy (non-hydrogen) atoms. The molecular weight excluding hydrogens is 472 g/mol. The molecule has 0 aliphatic carbocycles. The molecule has 0 saturated carbocycles. The molecule has 0 amide bonds. The summed E-state index contributed by atoms with van der Waals surface area (Å²) in [6.45, 7) is 11.8. The van der Waals surface area contributed by atoms with Gasteiger partial charge in [-0.3, -0.25) is 0 Å². The van der Waals surface area contributed by atoms with Crippen molar-refractivity contribution >= 4 is 11.9 Å². The van der Waals surface area contributed by atoms with Gasteiger partial charge in [-0.05, 0) is 36.0 Å². The highest BCUT2D eigenvalue weighted by Gasteiger charge is 2.18. The minimum atomic E-state index is -0.444. The van der Waals surface area contributed by atoms with Gasteiger partial charge in [0.1, 0.15) is 0 Å². The predicted molar refractivity (Wildman–Crippen MR) is 159 cm³/mol. The lowest BCUT2D eigenvalue weighted by atomic mass is 9.87. The summed E-state index contributed by atoms with van der Waals surface area (Å²) < 4.78 is 10.7. The van der Waals surface area contributed by atoms with Crippen LogP contribution >= 0.6 is 0 Å². The van der Waals surface area contributed by atoms with Crippen molar-refractivity contribution in [3.63, 3.8) is 0 Å². The van der Waals surface area contributed by atoms with E-state index in [1.54, 1.807) is 24.3 Å². The van der Waals surface area contributed by atoms with Gasteiger partial charge in [-0.2, -0.15) is 0 Å². The van der Waals surface area contributed by atoms with Gasteiger partial charge in [0.2, 0.25) is 0 Å². The molecule has 0 unspecified atom stereocenters. The van der Waals surface area contributed by atoms with Gasteiger partial charge in [0.15, 0.2) is 0 Å². The van der Waals surface area contributed by atoms with E-state index < -0.39 is 11.9 Å². The fraction of sp³-hybridized carbons (Fsp3) is 0.588. The summed E-state index contributed by atoms with van der Waals surface area (Å²) in [4.78, 5) is 24.7. The summed E-state index contributed by atoms with van der Waals surface area (Å²) in [6.07, 6.45) is 13.6.